The summed E-state index contributed by atoms with van der Waals surface area (Å²) in [6.07, 6.45) is -1.00. The lowest BCUT2D eigenvalue weighted by atomic mass is 10.0. The molecular formula is C11H14O4. The van der Waals surface area contributed by atoms with Crippen LogP contribution in [-0.4, -0.2) is 23.1 Å². The molecule has 1 atom stereocenters. The van der Waals surface area contributed by atoms with Gasteiger partial charge in [-0.05, 0) is 25.1 Å². The van der Waals surface area contributed by atoms with E-state index in [1.54, 1.807) is 6.07 Å². The number of aromatic hydroxyl groups is 1. The van der Waals surface area contributed by atoms with Gasteiger partial charge >= 0.3 is 0 Å². The van der Waals surface area contributed by atoms with Gasteiger partial charge in [-0.3, -0.25) is 4.79 Å². The maximum atomic E-state index is 10.8. The zero-order chi connectivity index (χ0) is 11.4. The first-order valence-corrected chi connectivity index (χ1v) is 4.59. The predicted octanol–water partition coefficient (Wildman–Crippen LogP) is 1.41. The monoisotopic (exact) mass is 210 g/mol. The topological polar surface area (TPSA) is 66.8 Å². The highest BCUT2D eigenvalue weighted by Crippen LogP contribution is 2.30. The fourth-order valence-corrected chi connectivity index (χ4v) is 1.31. The van der Waals surface area contributed by atoms with E-state index in [0.29, 0.717) is 11.3 Å². The van der Waals surface area contributed by atoms with Crippen molar-refractivity contribution in [1.82, 2.24) is 0 Å². The Bertz CT molecular complexity index is 360. The molecule has 1 aromatic rings. The first-order valence-electron chi connectivity index (χ1n) is 4.59. The quantitative estimate of drug-likeness (QED) is 0.788. The van der Waals surface area contributed by atoms with Gasteiger partial charge in [-0.1, -0.05) is 0 Å². The van der Waals surface area contributed by atoms with Crippen LogP contribution >= 0.6 is 0 Å². The molecule has 0 saturated carbocycles. The number of aliphatic hydroxyl groups excluding tert-OH is 1. The molecule has 0 fully saturated rings. The molecule has 15 heavy (non-hydrogen) atoms. The molecule has 1 rings (SSSR count). The largest absolute Gasteiger partial charge is 0.508 e. The van der Waals surface area contributed by atoms with E-state index in [-0.39, 0.29) is 18.0 Å². The molecule has 0 aliphatic rings. The van der Waals surface area contributed by atoms with Gasteiger partial charge in [-0.2, -0.15) is 0 Å². The van der Waals surface area contributed by atoms with Crippen LogP contribution in [0, 0.1) is 0 Å². The van der Waals surface area contributed by atoms with Gasteiger partial charge in [0.2, 0.25) is 0 Å². The van der Waals surface area contributed by atoms with Crippen LogP contribution in [0.4, 0.5) is 0 Å². The molecule has 4 heteroatoms. The smallest absolute Gasteiger partial charge is 0.132 e. The Hall–Kier alpha value is -1.55. The summed E-state index contributed by atoms with van der Waals surface area (Å²) in [4.78, 5) is 10.8. The third-order valence-electron chi connectivity index (χ3n) is 2.07. The maximum Gasteiger partial charge on any atom is 0.132 e. The van der Waals surface area contributed by atoms with Gasteiger partial charge in [0.05, 0.1) is 13.2 Å². The van der Waals surface area contributed by atoms with Crippen LogP contribution in [0.2, 0.25) is 0 Å². The number of rotatable bonds is 4. The highest BCUT2D eigenvalue weighted by Gasteiger charge is 2.15. The van der Waals surface area contributed by atoms with Crippen LogP contribution in [0.3, 0.4) is 0 Å². The van der Waals surface area contributed by atoms with Crippen molar-refractivity contribution in [2.75, 3.05) is 7.11 Å². The summed E-state index contributed by atoms with van der Waals surface area (Å²) >= 11 is 0. The van der Waals surface area contributed by atoms with Crippen LogP contribution in [0.1, 0.15) is 25.0 Å². The molecular weight excluding hydrogens is 196 g/mol. The summed E-state index contributed by atoms with van der Waals surface area (Å²) in [5.74, 6) is 0.361. The Morgan fingerprint density at radius 3 is 2.73 bits per heavy atom. The van der Waals surface area contributed by atoms with Gasteiger partial charge in [-0.25, -0.2) is 0 Å². The van der Waals surface area contributed by atoms with Crippen LogP contribution in [0.15, 0.2) is 18.2 Å². The number of hydrogen-bond donors (Lipinski definition) is 2. The average Bonchev–Trinajstić information content (AvgIpc) is 2.17. The number of carbonyl (C=O) groups is 1. The summed E-state index contributed by atoms with van der Waals surface area (Å²) in [7, 11) is 1.49. The van der Waals surface area contributed by atoms with Gasteiger partial charge in [0.25, 0.3) is 0 Å². The fraction of sp³-hybridized carbons (Fsp3) is 0.364. The number of methoxy groups -OCH3 is 1. The first-order chi connectivity index (χ1) is 7.04. The third kappa shape index (κ3) is 2.95. The van der Waals surface area contributed by atoms with E-state index in [4.69, 9.17) is 4.74 Å². The summed E-state index contributed by atoms with van der Waals surface area (Å²) in [5.41, 5.74) is 0.310. The van der Waals surface area contributed by atoms with Crippen molar-refractivity contribution in [2.24, 2.45) is 0 Å². The Kier molecular flexibility index (Phi) is 3.68. The molecule has 0 unspecified atom stereocenters. The zero-order valence-corrected chi connectivity index (χ0v) is 8.73. The fourth-order valence-electron chi connectivity index (χ4n) is 1.31. The van der Waals surface area contributed by atoms with E-state index < -0.39 is 6.10 Å². The standard InChI is InChI=1S/C11H14O4/c1-7(12)5-11(14)9-6-8(15-2)3-4-10(9)13/h3-4,6,11,13-14H,5H2,1-2H3/t11-/m1/s1. The van der Waals surface area contributed by atoms with Crippen molar-refractivity contribution in [3.8, 4) is 11.5 Å². The van der Waals surface area contributed by atoms with E-state index >= 15 is 0 Å². The number of ether oxygens (including phenoxy) is 1. The van der Waals surface area contributed by atoms with Crippen LogP contribution in [-0.2, 0) is 4.79 Å². The average molecular weight is 210 g/mol. The Labute approximate surface area is 88.1 Å². The SMILES string of the molecule is COc1ccc(O)c([C@H](O)CC(C)=O)c1. The lowest BCUT2D eigenvalue weighted by Gasteiger charge is -2.12. The van der Waals surface area contributed by atoms with Gasteiger partial charge in [0, 0.05) is 12.0 Å². The molecule has 0 amide bonds. The van der Waals surface area contributed by atoms with Crippen molar-refractivity contribution in [1.29, 1.82) is 0 Å². The number of aliphatic hydroxyl groups is 1. The lowest BCUT2D eigenvalue weighted by Crippen LogP contribution is -2.03. The van der Waals surface area contributed by atoms with Crippen molar-refractivity contribution in [3.05, 3.63) is 23.8 Å². The minimum atomic E-state index is -0.988. The van der Waals surface area contributed by atoms with Crippen molar-refractivity contribution in [2.45, 2.75) is 19.4 Å². The summed E-state index contributed by atoms with van der Waals surface area (Å²) in [6.45, 7) is 1.39. The number of benzene rings is 1. The van der Waals surface area contributed by atoms with Crippen molar-refractivity contribution in [3.63, 3.8) is 0 Å². The van der Waals surface area contributed by atoms with Crippen LogP contribution in [0.25, 0.3) is 0 Å². The molecule has 0 aromatic heterocycles. The number of carbonyl (C=O) groups excluding carboxylic acids is 1. The molecule has 0 aliphatic carbocycles. The molecule has 0 bridgehead atoms. The maximum absolute atomic E-state index is 10.8. The van der Waals surface area contributed by atoms with Gasteiger partial charge in [0.15, 0.2) is 0 Å². The number of ketones is 1. The lowest BCUT2D eigenvalue weighted by molar-refractivity contribution is -0.118. The number of phenols is 1. The zero-order valence-electron chi connectivity index (χ0n) is 8.73. The van der Waals surface area contributed by atoms with Crippen LogP contribution < -0.4 is 4.74 Å². The third-order valence-corrected chi connectivity index (χ3v) is 2.07. The Balaban J connectivity index is 2.95. The van der Waals surface area contributed by atoms with Gasteiger partial charge in [0.1, 0.15) is 17.3 Å². The highest BCUT2D eigenvalue weighted by molar-refractivity contribution is 5.76. The number of Topliss-reactive ketones (excluding diaryl/α,β-unsaturated/α-hetero) is 1. The number of phenolic OH excluding ortho intramolecular Hbond substituents is 1. The van der Waals surface area contributed by atoms with E-state index in [1.165, 1.54) is 26.2 Å². The molecule has 4 nitrogen and oxygen atoms in total. The predicted molar refractivity (Wildman–Crippen MR) is 54.9 cm³/mol. The second-order valence-corrected chi connectivity index (χ2v) is 3.35. The summed E-state index contributed by atoms with van der Waals surface area (Å²) in [6, 6.07) is 4.53. The molecule has 0 radical (unpaired) electrons. The van der Waals surface area contributed by atoms with E-state index in [1.807, 2.05) is 0 Å². The molecule has 2 N–H and O–H groups in total. The normalized spacial score (nSPS) is 12.2. The van der Waals surface area contributed by atoms with E-state index in [0.717, 1.165) is 0 Å². The minimum Gasteiger partial charge on any atom is -0.508 e. The molecule has 0 heterocycles. The van der Waals surface area contributed by atoms with Crippen molar-refractivity contribution < 1.29 is 19.7 Å². The molecule has 0 aliphatic heterocycles. The first kappa shape index (κ1) is 11.5. The molecule has 0 saturated heterocycles. The Morgan fingerprint density at radius 1 is 1.53 bits per heavy atom. The van der Waals surface area contributed by atoms with Gasteiger partial charge < -0.3 is 14.9 Å². The second kappa shape index (κ2) is 4.79. The Morgan fingerprint density at radius 2 is 2.20 bits per heavy atom. The summed E-state index contributed by atoms with van der Waals surface area (Å²) < 4.78 is 4.96. The summed E-state index contributed by atoms with van der Waals surface area (Å²) in [5, 5.41) is 19.1. The molecule has 1 aromatic carbocycles. The highest BCUT2D eigenvalue weighted by atomic mass is 16.5. The van der Waals surface area contributed by atoms with Gasteiger partial charge in [-0.15, -0.1) is 0 Å². The number of hydrogen-bond acceptors (Lipinski definition) is 4. The van der Waals surface area contributed by atoms with Crippen LogP contribution in [0.5, 0.6) is 11.5 Å². The molecule has 82 valence electrons. The van der Waals surface area contributed by atoms with Crippen molar-refractivity contribution >= 4 is 5.78 Å². The second-order valence-electron chi connectivity index (χ2n) is 3.35. The van der Waals surface area contributed by atoms with E-state index in [9.17, 15) is 15.0 Å². The molecule has 0 spiro atoms. The van der Waals surface area contributed by atoms with E-state index in [2.05, 4.69) is 0 Å². The minimum absolute atomic E-state index is 0.0132.